The summed E-state index contributed by atoms with van der Waals surface area (Å²) in [6.45, 7) is 1.87. The largest absolute Gasteiger partial charge is 0.293 e. The van der Waals surface area contributed by atoms with Crippen LogP contribution in [0.2, 0.25) is 0 Å². The number of carbonyl (C=O) groups excluding carboxylic acids is 1. The van der Waals surface area contributed by atoms with Gasteiger partial charge in [-0.15, -0.1) is 11.3 Å². The highest BCUT2D eigenvalue weighted by atomic mass is 32.2. The van der Waals surface area contributed by atoms with Gasteiger partial charge in [0, 0.05) is 15.8 Å². The first kappa shape index (κ1) is 15.7. The molecule has 122 valence electrons. The third kappa shape index (κ3) is 2.74. The molecule has 1 aromatic carbocycles. The van der Waals surface area contributed by atoms with Crippen LogP contribution >= 0.6 is 23.1 Å². The monoisotopic (exact) mass is 358 g/mol. The smallest absolute Gasteiger partial charge is 0.175 e. The second kappa shape index (κ2) is 6.26. The van der Waals surface area contributed by atoms with Gasteiger partial charge in [0.25, 0.3) is 0 Å². The van der Waals surface area contributed by atoms with Gasteiger partial charge in [-0.3, -0.25) is 4.79 Å². The van der Waals surface area contributed by atoms with E-state index in [4.69, 9.17) is 0 Å². The van der Waals surface area contributed by atoms with E-state index in [0.29, 0.717) is 5.56 Å². The Morgan fingerprint density at radius 2 is 2.04 bits per heavy atom. The minimum atomic E-state index is -0.335. The second-order valence-electron chi connectivity index (χ2n) is 5.85. The summed E-state index contributed by atoms with van der Waals surface area (Å²) in [4.78, 5) is 23.8. The lowest BCUT2D eigenvalue weighted by molar-refractivity contribution is 0.0994. The van der Waals surface area contributed by atoms with Gasteiger partial charge in [-0.25, -0.2) is 14.4 Å². The molecule has 1 aliphatic rings. The summed E-state index contributed by atoms with van der Waals surface area (Å²) in [7, 11) is 0. The van der Waals surface area contributed by atoms with Gasteiger partial charge in [0.2, 0.25) is 0 Å². The summed E-state index contributed by atoms with van der Waals surface area (Å²) in [5.74, 6) is -0.350. The molecular weight excluding hydrogens is 343 g/mol. The number of aryl methyl sites for hydroxylation is 2. The molecule has 2 heterocycles. The first-order chi connectivity index (χ1) is 11.6. The highest BCUT2D eigenvalue weighted by Crippen LogP contribution is 2.41. The van der Waals surface area contributed by atoms with Gasteiger partial charge in [0.15, 0.2) is 5.78 Å². The van der Waals surface area contributed by atoms with Crippen molar-refractivity contribution in [3.05, 3.63) is 52.4 Å². The zero-order valence-corrected chi connectivity index (χ0v) is 14.7. The van der Waals surface area contributed by atoms with Crippen molar-refractivity contribution < 1.29 is 9.18 Å². The molecule has 0 fully saturated rings. The lowest BCUT2D eigenvalue weighted by Gasteiger charge is -2.11. The fourth-order valence-corrected chi connectivity index (χ4v) is 5.38. The maximum atomic E-state index is 13.0. The molecule has 1 atom stereocenters. The normalized spacial score (nSPS) is 14.8. The molecule has 3 aromatic rings. The number of ketones is 1. The van der Waals surface area contributed by atoms with Gasteiger partial charge in [-0.1, -0.05) is 11.8 Å². The van der Waals surface area contributed by atoms with Crippen molar-refractivity contribution in [2.24, 2.45) is 0 Å². The van der Waals surface area contributed by atoms with Crippen LogP contribution in [0.3, 0.4) is 0 Å². The standard InChI is InChI=1S/C18H15FN2OS2/c1-10(16(22)11-5-7-12(19)8-6-11)23-17-15-13-3-2-4-14(13)24-18(15)21-9-20-17/h5-10H,2-4H2,1H3/t10-/m0/s1. The molecule has 24 heavy (non-hydrogen) atoms. The van der Waals surface area contributed by atoms with Crippen LogP contribution in [-0.2, 0) is 12.8 Å². The van der Waals surface area contributed by atoms with E-state index < -0.39 is 0 Å². The maximum Gasteiger partial charge on any atom is 0.175 e. The molecule has 0 saturated carbocycles. The summed E-state index contributed by atoms with van der Waals surface area (Å²) >= 11 is 3.21. The molecule has 0 aliphatic heterocycles. The Hall–Kier alpha value is -1.79. The fourth-order valence-electron chi connectivity index (χ4n) is 3.06. The zero-order chi connectivity index (χ0) is 16.7. The number of fused-ring (bicyclic) bond motifs is 3. The van der Waals surface area contributed by atoms with Crippen LogP contribution in [0.25, 0.3) is 10.2 Å². The Bertz CT molecular complexity index is 921. The molecule has 0 radical (unpaired) electrons. The number of aromatic nitrogens is 2. The van der Waals surface area contributed by atoms with Crippen molar-refractivity contribution in [2.75, 3.05) is 0 Å². The van der Waals surface area contributed by atoms with Crippen LogP contribution in [0.15, 0.2) is 35.6 Å². The number of nitrogens with zero attached hydrogens (tertiary/aromatic N) is 2. The highest BCUT2D eigenvalue weighted by molar-refractivity contribution is 8.00. The van der Waals surface area contributed by atoms with Crippen LogP contribution < -0.4 is 0 Å². The Morgan fingerprint density at radius 3 is 2.83 bits per heavy atom. The van der Waals surface area contributed by atoms with E-state index in [1.54, 1.807) is 17.7 Å². The SMILES string of the molecule is C[C@H](Sc1ncnc2sc3c(c12)CCC3)C(=O)c1ccc(F)cc1. The number of halogens is 1. The third-order valence-corrected chi connectivity index (χ3v) is 6.55. The molecule has 0 amide bonds. The molecular formula is C18H15FN2OS2. The second-order valence-corrected chi connectivity index (χ2v) is 8.26. The first-order valence-corrected chi connectivity index (χ1v) is 9.55. The Morgan fingerprint density at radius 1 is 1.25 bits per heavy atom. The van der Waals surface area contributed by atoms with Crippen LogP contribution in [0, 0.1) is 5.82 Å². The third-order valence-electron chi connectivity index (χ3n) is 4.25. The van der Waals surface area contributed by atoms with E-state index in [-0.39, 0.29) is 16.9 Å². The number of thiophene rings is 1. The molecule has 0 spiro atoms. The van der Waals surface area contributed by atoms with E-state index in [2.05, 4.69) is 9.97 Å². The quantitative estimate of drug-likeness (QED) is 0.386. The topological polar surface area (TPSA) is 42.9 Å². The predicted octanol–water partition coefficient (Wildman–Crippen LogP) is 4.68. The molecule has 6 heteroatoms. The number of hydrogen-bond acceptors (Lipinski definition) is 5. The van der Waals surface area contributed by atoms with E-state index in [1.165, 1.54) is 52.9 Å². The average molecular weight is 358 g/mol. The van der Waals surface area contributed by atoms with Gasteiger partial charge < -0.3 is 0 Å². The molecule has 2 aromatic heterocycles. The Kier molecular flexibility index (Phi) is 4.10. The number of benzene rings is 1. The van der Waals surface area contributed by atoms with E-state index in [9.17, 15) is 9.18 Å². The van der Waals surface area contributed by atoms with Crippen molar-refractivity contribution in [3.63, 3.8) is 0 Å². The van der Waals surface area contributed by atoms with Crippen molar-refractivity contribution in [1.29, 1.82) is 0 Å². The van der Waals surface area contributed by atoms with Gasteiger partial charge >= 0.3 is 0 Å². The summed E-state index contributed by atoms with van der Waals surface area (Å²) < 4.78 is 13.0. The van der Waals surface area contributed by atoms with Gasteiger partial charge in [-0.2, -0.15) is 0 Å². The first-order valence-electron chi connectivity index (χ1n) is 7.85. The lowest BCUT2D eigenvalue weighted by Crippen LogP contribution is -2.13. The van der Waals surface area contributed by atoms with Crippen LogP contribution in [0.1, 0.15) is 34.1 Å². The summed E-state index contributed by atoms with van der Waals surface area (Å²) in [5, 5.41) is 1.71. The van der Waals surface area contributed by atoms with Crippen molar-refractivity contribution in [3.8, 4) is 0 Å². The molecule has 0 unspecified atom stereocenters. The van der Waals surface area contributed by atoms with E-state index in [0.717, 1.165) is 28.1 Å². The summed E-state index contributed by atoms with van der Waals surface area (Å²) in [5.41, 5.74) is 1.89. The van der Waals surface area contributed by atoms with Gasteiger partial charge in [0.05, 0.1) is 5.25 Å². The number of Topliss-reactive ketones (excluding diaryl/α,β-unsaturated/α-hetero) is 1. The van der Waals surface area contributed by atoms with E-state index in [1.807, 2.05) is 6.92 Å². The van der Waals surface area contributed by atoms with Gasteiger partial charge in [0.1, 0.15) is 22.0 Å². The number of hydrogen-bond donors (Lipinski definition) is 0. The molecule has 0 N–H and O–H groups in total. The molecule has 3 nitrogen and oxygen atoms in total. The summed E-state index contributed by atoms with van der Waals surface area (Å²) in [6.07, 6.45) is 4.94. The van der Waals surface area contributed by atoms with Crippen molar-refractivity contribution in [2.45, 2.75) is 36.5 Å². The van der Waals surface area contributed by atoms with Crippen LogP contribution in [0.5, 0.6) is 0 Å². The zero-order valence-electron chi connectivity index (χ0n) is 13.1. The number of thioether (sulfide) groups is 1. The lowest BCUT2D eigenvalue weighted by atomic mass is 10.1. The molecule has 1 aliphatic carbocycles. The predicted molar refractivity (Wildman–Crippen MR) is 95.5 cm³/mol. The number of rotatable bonds is 4. The van der Waals surface area contributed by atoms with Crippen LogP contribution in [0.4, 0.5) is 4.39 Å². The fraction of sp³-hybridized carbons (Fsp3) is 0.278. The minimum absolute atomic E-state index is 0.0152. The Labute approximate surface area is 147 Å². The molecule has 0 saturated heterocycles. The Balaban J connectivity index is 1.64. The van der Waals surface area contributed by atoms with Crippen molar-refractivity contribution >= 4 is 39.1 Å². The highest BCUT2D eigenvalue weighted by Gasteiger charge is 2.24. The summed E-state index contributed by atoms with van der Waals surface area (Å²) in [6, 6.07) is 5.71. The van der Waals surface area contributed by atoms with Crippen molar-refractivity contribution in [1.82, 2.24) is 9.97 Å². The average Bonchev–Trinajstić information content (AvgIpc) is 3.16. The minimum Gasteiger partial charge on any atom is -0.293 e. The number of carbonyl (C=O) groups is 1. The molecule has 0 bridgehead atoms. The van der Waals surface area contributed by atoms with Crippen LogP contribution in [-0.4, -0.2) is 21.0 Å². The van der Waals surface area contributed by atoms with Gasteiger partial charge in [-0.05, 0) is 56.0 Å². The maximum absolute atomic E-state index is 13.0. The molecule has 4 rings (SSSR count). The van der Waals surface area contributed by atoms with E-state index >= 15 is 0 Å².